The molecule has 0 fully saturated rings. The molecule has 1 aromatic carbocycles. The van der Waals surface area contributed by atoms with Crippen LogP contribution < -0.4 is 5.32 Å². The van der Waals surface area contributed by atoms with E-state index in [1.54, 1.807) is 48.2 Å². The fourth-order valence-corrected chi connectivity index (χ4v) is 3.70. The fourth-order valence-electron chi connectivity index (χ4n) is 2.76. The first-order valence-electron chi connectivity index (χ1n) is 8.13. The summed E-state index contributed by atoms with van der Waals surface area (Å²) >= 11 is 0. The first-order valence-corrected chi connectivity index (χ1v) is 9.57. The largest absolute Gasteiger partial charge is 0.469 e. The van der Waals surface area contributed by atoms with Gasteiger partial charge in [0.2, 0.25) is 10.0 Å². The van der Waals surface area contributed by atoms with E-state index in [1.807, 2.05) is 6.07 Å². The summed E-state index contributed by atoms with van der Waals surface area (Å²) in [6.07, 6.45) is 2.20. The number of sulfonamides is 1. The Labute approximate surface area is 152 Å². The third kappa shape index (κ3) is 3.38. The van der Waals surface area contributed by atoms with Crippen LogP contribution in [0.25, 0.3) is 10.9 Å². The van der Waals surface area contributed by atoms with E-state index < -0.39 is 10.0 Å². The summed E-state index contributed by atoms with van der Waals surface area (Å²) in [6, 6.07) is 10.2. The monoisotopic (exact) mass is 375 g/mol. The van der Waals surface area contributed by atoms with Crippen LogP contribution in [0.15, 0.2) is 52.0 Å². The molecular weight excluding hydrogens is 354 g/mol. The molecule has 0 aliphatic heterocycles. The summed E-state index contributed by atoms with van der Waals surface area (Å²) < 4.78 is 32.7. The van der Waals surface area contributed by atoms with Crippen molar-refractivity contribution >= 4 is 26.8 Å². The van der Waals surface area contributed by atoms with Gasteiger partial charge >= 0.3 is 0 Å². The number of amides is 1. The first kappa shape index (κ1) is 18.2. The van der Waals surface area contributed by atoms with E-state index in [9.17, 15) is 13.2 Å². The molecular formula is C18H21N3O4S. The predicted octanol–water partition coefficient (Wildman–Crippen LogP) is 1.99. The number of nitrogens with zero attached hydrogens (tertiary/aromatic N) is 2. The molecule has 8 heteroatoms. The number of hydrogen-bond acceptors (Lipinski definition) is 4. The zero-order valence-electron chi connectivity index (χ0n) is 14.9. The maximum atomic E-state index is 12.5. The Hall–Kier alpha value is -2.58. The van der Waals surface area contributed by atoms with Crippen molar-refractivity contribution in [2.24, 2.45) is 7.05 Å². The summed E-state index contributed by atoms with van der Waals surface area (Å²) in [5, 5.41) is 3.56. The number of nitrogens with one attached hydrogen (secondary N) is 1. The normalized spacial score (nSPS) is 12.0. The summed E-state index contributed by atoms with van der Waals surface area (Å²) in [6.45, 7) is 0.453. The molecule has 0 atom stereocenters. The summed E-state index contributed by atoms with van der Waals surface area (Å²) in [5.41, 5.74) is 1.26. The number of hydrogen-bond donors (Lipinski definition) is 1. The Morgan fingerprint density at radius 1 is 1.23 bits per heavy atom. The first-order chi connectivity index (χ1) is 12.3. The molecule has 26 heavy (non-hydrogen) atoms. The van der Waals surface area contributed by atoms with Crippen molar-refractivity contribution in [2.45, 2.75) is 11.3 Å². The van der Waals surface area contributed by atoms with Crippen LogP contribution in [0.5, 0.6) is 0 Å². The van der Waals surface area contributed by atoms with Gasteiger partial charge in [-0.1, -0.05) is 0 Å². The van der Waals surface area contributed by atoms with Crippen LogP contribution in [0.2, 0.25) is 0 Å². The van der Waals surface area contributed by atoms with E-state index in [-0.39, 0.29) is 10.8 Å². The summed E-state index contributed by atoms with van der Waals surface area (Å²) in [4.78, 5) is 12.7. The van der Waals surface area contributed by atoms with Gasteiger partial charge in [0, 0.05) is 45.0 Å². The van der Waals surface area contributed by atoms with Gasteiger partial charge in [0.05, 0.1) is 11.2 Å². The highest BCUT2D eigenvalue weighted by molar-refractivity contribution is 7.89. The van der Waals surface area contributed by atoms with Crippen LogP contribution in [-0.4, -0.2) is 43.8 Å². The molecule has 138 valence electrons. The lowest BCUT2D eigenvalue weighted by Gasteiger charge is -2.11. The van der Waals surface area contributed by atoms with Gasteiger partial charge in [-0.25, -0.2) is 12.7 Å². The molecule has 0 aliphatic rings. The Kier molecular flexibility index (Phi) is 4.88. The minimum Gasteiger partial charge on any atom is -0.469 e. The number of carbonyl (C=O) groups is 1. The lowest BCUT2D eigenvalue weighted by atomic mass is 10.2. The second-order valence-corrected chi connectivity index (χ2v) is 8.33. The van der Waals surface area contributed by atoms with Gasteiger partial charge in [0.25, 0.3) is 5.91 Å². The van der Waals surface area contributed by atoms with Crippen LogP contribution in [0.3, 0.4) is 0 Å². The molecule has 0 saturated heterocycles. The van der Waals surface area contributed by atoms with Gasteiger partial charge in [-0.3, -0.25) is 4.79 Å². The van der Waals surface area contributed by atoms with Crippen LogP contribution in [0.4, 0.5) is 0 Å². The van der Waals surface area contributed by atoms with Crippen molar-refractivity contribution in [3.8, 4) is 0 Å². The van der Waals surface area contributed by atoms with Crippen LogP contribution in [-0.2, 0) is 23.5 Å². The topological polar surface area (TPSA) is 84.6 Å². The maximum Gasteiger partial charge on any atom is 0.267 e. The van der Waals surface area contributed by atoms with E-state index >= 15 is 0 Å². The molecule has 2 heterocycles. The zero-order chi connectivity index (χ0) is 18.9. The highest BCUT2D eigenvalue weighted by Crippen LogP contribution is 2.23. The molecule has 0 unspecified atom stereocenters. The number of aryl methyl sites for hydroxylation is 1. The summed E-state index contributed by atoms with van der Waals surface area (Å²) in [7, 11) is 1.24. The van der Waals surface area contributed by atoms with E-state index in [0.29, 0.717) is 24.0 Å². The summed E-state index contributed by atoms with van der Waals surface area (Å²) in [5.74, 6) is 0.591. The van der Waals surface area contributed by atoms with E-state index in [2.05, 4.69) is 5.32 Å². The quantitative estimate of drug-likeness (QED) is 0.714. The SMILES string of the molecule is CN(C)S(=O)(=O)c1ccc2c(c1)cc(C(=O)NCCc1ccco1)n2C. The Bertz CT molecular complexity index is 1030. The van der Waals surface area contributed by atoms with Crippen molar-refractivity contribution in [3.63, 3.8) is 0 Å². The van der Waals surface area contributed by atoms with Crippen LogP contribution in [0, 0.1) is 0 Å². The third-order valence-corrected chi connectivity index (χ3v) is 6.07. The number of fused-ring (bicyclic) bond motifs is 1. The fraction of sp³-hybridized carbons (Fsp3) is 0.278. The second-order valence-electron chi connectivity index (χ2n) is 6.18. The molecule has 0 saturated carbocycles. The van der Waals surface area contributed by atoms with Crippen molar-refractivity contribution in [2.75, 3.05) is 20.6 Å². The molecule has 3 rings (SSSR count). The molecule has 2 aromatic heterocycles. The number of carbonyl (C=O) groups excluding carboxylic acids is 1. The van der Waals surface area contributed by atoms with Gasteiger partial charge in [-0.2, -0.15) is 0 Å². The standard InChI is InChI=1S/C18H21N3O4S/c1-20(2)26(23,24)15-6-7-16-13(11-15)12-17(21(16)3)18(22)19-9-8-14-5-4-10-25-14/h4-7,10-12H,8-9H2,1-3H3,(H,19,22). The van der Waals surface area contributed by atoms with Crippen LogP contribution in [0.1, 0.15) is 16.2 Å². The lowest BCUT2D eigenvalue weighted by Crippen LogP contribution is -2.27. The highest BCUT2D eigenvalue weighted by atomic mass is 32.2. The van der Waals surface area contributed by atoms with Crippen molar-refractivity contribution in [1.29, 1.82) is 0 Å². The smallest absolute Gasteiger partial charge is 0.267 e. The van der Waals surface area contributed by atoms with Crippen LogP contribution >= 0.6 is 0 Å². The van der Waals surface area contributed by atoms with Crippen molar-refractivity contribution < 1.29 is 17.6 Å². The molecule has 0 bridgehead atoms. The van der Waals surface area contributed by atoms with Crippen molar-refractivity contribution in [1.82, 2.24) is 14.2 Å². The van der Waals surface area contributed by atoms with E-state index in [4.69, 9.17) is 4.42 Å². The zero-order valence-corrected chi connectivity index (χ0v) is 15.7. The van der Waals surface area contributed by atoms with E-state index in [0.717, 1.165) is 11.3 Å². The van der Waals surface area contributed by atoms with Gasteiger partial charge in [-0.05, 0) is 36.4 Å². The average molecular weight is 375 g/mol. The number of benzene rings is 1. The lowest BCUT2D eigenvalue weighted by molar-refractivity contribution is 0.0946. The average Bonchev–Trinajstić information content (AvgIpc) is 3.22. The minimum absolute atomic E-state index is 0.199. The maximum absolute atomic E-state index is 12.5. The molecule has 0 spiro atoms. The van der Waals surface area contributed by atoms with E-state index in [1.165, 1.54) is 18.4 Å². The minimum atomic E-state index is -3.52. The predicted molar refractivity (Wildman–Crippen MR) is 98.5 cm³/mol. The molecule has 7 nitrogen and oxygen atoms in total. The molecule has 3 aromatic rings. The number of rotatable bonds is 6. The second kappa shape index (κ2) is 6.97. The number of furan rings is 1. The van der Waals surface area contributed by atoms with Gasteiger partial charge in [-0.15, -0.1) is 0 Å². The highest BCUT2D eigenvalue weighted by Gasteiger charge is 2.19. The van der Waals surface area contributed by atoms with Gasteiger partial charge in [0.1, 0.15) is 11.5 Å². The Morgan fingerprint density at radius 3 is 2.65 bits per heavy atom. The Morgan fingerprint density at radius 2 is 2.00 bits per heavy atom. The molecule has 1 N–H and O–H groups in total. The van der Waals surface area contributed by atoms with Gasteiger partial charge < -0.3 is 14.3 Å². The molecule has 0 aliphatic carbocycles. The number of aromatic nitrogens is 1. The molecule has 1 amide bonds. The van der Waals surface area contributed by atoms with Gasteiger partial charge in [0.15, 0.2) is 0 Å². The van der Waals surface area contributed by atoms with Crippen molar-refractivity contribution in [3.05, 3.63) is 54.1 Å². The third-order valence-electron chi connectivity index (χ3n) is 4.26. The Balaban J connectivity index is 1.83. The molecule has 0 radical (unpaired) electrons.